The summed E-state index contributed by atoms with van der Waals surface area (Å²) in [5, 5.41) is 0. The van der Waals surface area contributed by atoms with Crippen LogP contribution >= 0.6 is 0 Å². The van der Waals surface area contributed by atoms with Gasteiger partial charge in [-0.1, -0.05) is 12.2 Å². The van der Waals surface area contributed by atoms with Gasteiger partial charge in [0.15, 0.2) is 0 Å². The van der Waals surface area contributed by atoms with Gasteiger partial charge in [-0.3, -0.25) is 0 Å². The van der Waals surface area contributed by atoms with Gasteiger partial charge in [0, 0.05) is 6.04 Å². The van der Waals surface area contributed by atoms with E-state index >= 15 is 0 Å². The zero-order chi connectivity index (χ0) is 8.10. The Labute approximate surface area is 70.1 Å². The summed E-state index contributed by atoms with van der Waals surface area (Å²) in [6, 6.07) is 0.819. The predicted molar refractivity (Wildman–Crippen MR) is 49.7 cm³/mol. The van der Waals surface area contributed by atoms with E-state index in [1.807, 2.05) is 0 Å². The maximum atomic E-state index is 2.36. The van der Waals surface area contributed by atoms with Crippen molar-refractivity contribution in [1.82, 2.24) is 4.90 Å². The van der Waals surface area contributed by atoms with Crippen molar-refractivity contribution in [2.45, 2.75) is 38.1 Å². The molecule has 1 atom stereocenters. The van der Waals surface area contributed by atoms with Crippen molar-refractivity contribution in [2.24, 2.45) is 0 Å². The molecule has 1 aliphatic carbocycles. The number of allylic oxidation sites excluding steroid dienone is 2. The standard InChI is InChI=1S/C10H19N/c1-11(2)10-8-6-4-3-5-7-9-10/h3-4,10H,5-9H2,1-2H3/b4-3+. The quantitative estimate of drug-likeness (QED) is 0.523. The predicted octanol–water partition coefficient (Wildman–Crippen LogP) is 2.44. The number of hydrogen-bond acceptors (Lipinski definition) is 1. The highest BCUT2D eigenvalue weighted by atomic mass is 15.1. The molecule has 0 saturated carbocycles. The molecule has 1 nitrogen and oxygen atoms in total. The smallest absolute Gasteiger partial charge is 0.00922 e. The number of nitrogens with zero attached hydrogens (tertiary/aromatic N) is 1. The summed E-state index contributed by atoms with van der Waals surface area (Å²) in [5.74, 6) is 0. The number of hydrogen-bond donors (Lipinski definition) is 0. The lowest BCUT2D eigenvalue weighted by molar-refractivity contribution is 0.259. The van der Waals surface area contributed by atoms with E-state index < -0.39 is 0 Å². The van der Waals surface area contributed by atoms with E-state index in [1.54, 1.807) is 0 Å². The minimum atomic E-state index is 0.819. The summed E-state index contributed by atoms with van der Waals surface area (Å²) in [7, 11) is 4.38. The molecule has 1 aliphatic rings. The molecule has 0 saturated heterocycles. The fourth-order valence-corrected chi connectivity index (χ4v) is 1.66. The SMILES string of the molecule is CN(C)C1CC/C=C/CCC1. The van der Waals surface area contributed by atoms with E-state index in [0.717, 1.165) is 6.04 Å². The molecule has 0 aromatic rings. The Morgan fingerprint density at radius 1 is 1.09 bits per heavy atom. The molecule has 0 aliphatic heterocycles. The second-order valence-corrected chi connectivity index (χ2v) is 3.60. The van der Waals surface area contributed by atoms with Crippen molar-refractivity contribution >= 4 is 0 Å². The summed E-state index contributed by atoms with van der Waals surface area (Å²) in [4.78, 5) is 2.36. The Hall–Kier alpha value is -0.300. The molecule has 0 aromatic carbocycles. The molecule has 11 heavy (non-hydrogen) atoms. The maximum Gasteiger partial charge on any atom is 0.00922 e. The molecule has 0 radical (unpaired) electrons. The monoisotopic (exact) mass is 153 g/mol. The van der Waals surface area contributed by atoms with Crippen LogP contribution in [0.15, 0.2) is 12.2 Å². The van der Waals surface area contributed by atoms with Gasteiger partial charge in [0.2, 0.25) is 0 Å². The normalized spacial score (nSPS) is 29.5. The van der Waals surface area contributed by atoms with Crippen LogP contribution in [0.25, 0.3) is 0 Å². The van der Waals surface area contributed by atoms with Gasteiger partial charge in [-0.15, -0.1) is 0 Å². The Bertz CT molecular complexity index is 127. The van der Waals surface area contributed by atoms with Crippen LogP contribution in [0.5, 0.6) is 0 Å². The Kier molecular flexibility index (Phi) is 3.64. The third kappa shape index (κ3) is 3.06. The maximum absolute atomic E-state index is 2.36. The minimum Gasteiger partial charge on any atom is -0.306 e. The third-order valence-electron chi connectivity index (χ3n) is 2.47. The van der Waals surface area contributed by atoms with Gasteiger partial charge in [-0.2, -0.15) is 0 Å². The number of rotatable bonds is 1. The van der Waals surface area contributed by atoms with Gasteiger partial charge in [-0.25, -0.2) is 0 Å². The topological polar surface area (TPSA) is 3.24 Å². The van der Waals surface area contributed by atoms with Crippen LogP contribution in [-0.2, 0) is 0 Å². The molecule has 0 amide bonds. The van der Waals surface area contributed by atoms with Crippen LogP contribution in [0.4, 0.5) is 0 Å². The minimum absolute atomic E-state index is 0.819. The first kappa shape index (κ1) is 8.79. The lowest BCUT2D eigenvalue weighted by atomic mass is 10.0. The van der Waals surface area contributed by atoms with Crippen molar-refractivity contribution in [3.05, 3.63) is 12.2 Å². The van der Waals surface area contributed by atoms with Crippen molar-refractivity contribution < 1.29 is 0 Å². The third-order valence-corrected chi connectivity index (χ3v) is 2.47. The van der Waals surface area contributed by atoms with Crippen LogP contribution in [-0.4, -0.2) is 25.0 Å². The molecule has 0 fully saturated rings. The average molecular weight is 153 g/mol. The highest BCUT2D eigenvalue weighted by molar-refractivity contribution is 4.86. The molecule has 0 aromatic heterocycles. The molecule has 1 unspecified atom stereocenters. The molecule has 1 rings (SSSR count). The van der Waals surface area contributed by atoms with Crippen LogP contribution in [0, 0.1) is 0 Å². The van der Waals surface area contributed by atoms with Crippen LogP contribution in [0.1, 0.15) is 32.1 Å². The molecule has 0 spiro atoms. The first-order valence-corrected chi connectivity index (χ1v) is 4.62. The highest BCUT2D eigenvalue weighted by Gasteiger charge is 2.10. The van der Waals surface area contributed by atoms with E-state index in [0.29, 0.717) is 0 Å². The first-order chi connectivity index (χ1) is 5.30. The first-order valence-electron chi connectivity index (χ1n) is 4.62. The van der Waals surface area contributed by atoms with E-state index in [-0.39, 0.29) is 0 Å². The van der Waals surface area contributed by atoms with Crippen LogP contribution in [0.2, 0.25) is 0 Å². The van der Waals surface area contributed by atoms with Gasteiger partial charge >= 0.3 is 0 Å². The highest BCUT2D eigenvalue weighted by Crippen LogP contribution is 2.15. The van der Waals surface area contributed by atoms with E-state index in [2.05, 4.69) is 31.1 Å². The summed E-state index contributed by atoms with van der Waals surface area (Å²) < 4.78 is 0. The molecule has 1 heteroatoms. The average Bonchev–Trinajstić information content (AvgIpc) is 1.84. The fraction of sp³-hybridized carbons (Fsp3) is 0.800. The van der Waals surface area contributed by atoms with Crippen LogP contribution < -0.4 is 0 Å². The summed E-state index contributed by atoms with van der Waals surface area (Å²) in [6.45, 7) is 0. The second-order valence-electron chi connectivity index (χ2n) is 3.60. The van der Waals surface area contributed by atoms with Crippen LogP contribution in [0.3, 0.4) is 0 Å². The van der Waals surface area contributed by atoms with Crippen molar-refractivity contribution in [3.8, 4) is 0 Å². The van der Waals surface area contributed by atoms with Gasteiger partial charge in [0.05, 0.1) is 0 Å². The Morgan fingerprint density at radius 2 is 1.82 bits per heavy atom. The zero-order valence-corrected chi connectivity index (χ0v) is 7.71. The Balaban J connectivity index is 2.35. The summed E-state index contributed by atoms with van der Waals surface area (Å²) in [6.07, 6.45) is 11.3. The van der Waals surface area contributed by atoms with Gasteiger partial charge in [-0.05, 0) is 46.2 Å². The molecule has 64 valence electrons. The lowest BCUT2D eigenvalue weighted by Gasteiger charge is -2.24. The lowest BCUT2D eigenvalue weighted by Crippen LogP contribution is -2.27. The second kappa shape index (κ2) is 4.55. The molecule has 0 heterocycles. The van der Waals surface area contributed by atoms with E-state index in [9.17, 15) is 0 Å². The molecule has 0 bridgehead atoms. The molecule has 0 N–H and O–H groups in total. The Morgan fingerprint density at radius 3 is 2.55 bits per heavy atom. The van der Waals surface area contributed by atoms with Gasteiger partial charge in [0.1, 0.15) is 0 Å². The largest absolute Gasteiger partial charge is 0.306 e. The summed E-state index contributed by atoms with van der Waals surface area (Å²) >= 11 is 0. The van der Waals surface area contributed by atoms with Gasteiger partial charge in [0.25, 0.3) is 0 Å². The fourth-order valence-electron chi connectivity index (χ4n) is 1.66. The van der Waals surface area contributed by atoms with Crippen molar-refractivity contribution in [2.75, 3.05) is 14.1 Å². The van der Waals surface area contributed by atoms with E-state index in [4.69, 9.17) is 0 Å². The van der Waals surface area contributed by atoms with E-state index in [1.165, 1.54) is 32.1 Å². The zero-order valence-electron chi connectivity index (χ0n) is 7.71. The van der Waals surface area contributed by atoms with Gasteiger partial charge < -0.3 is 4.90 Å². The summed E-state index contributed by atoms with van der Waals surface area (Å²) in [5.41, 5.74) is 0. The van der Waals surface area contributed by atoms with Crippen molar-refractivity contribution in [3.63, 3.8) is 0 Å². The molecular weight excluding hydrogens is 134 g/mol. The molecular formula is C10H19N. The van der Waals surface area contributed by atoms with Crippen molar-refractivity contribution in [1.29, 1.82) is 0 Å².